The Hall–Kier alpha value is -1.10. The number of likely N-dealkylation sites (N-methyl/N-ethyl adjacent to an activating group) is 1. The molecule has 0 atom stereocenters. The van der Waals surface area contributed by atoms with Gasteiger partial charge < -0.3 is 15.5 Å². The lowest BCUT2D eigenvalue weighted by Gasteiger charge is -2.22. The number of carbonyl (C=O) groups excluding carboxylic acids is 2. The predicted octanol–water partition coefficient (Wildman–Crippen LogP) is 0.361. The zero-order valence-corrected chi connectivity index (χ0v) is 11.5. The van der Waals surface area contributed by atoms with Gasteiger partial charge >= 0.3 is 0 Å². The number of piperidine rings is 1. The number of carbonyl (C=O) groups is 2. The van der Waals surface area contributed by atoms with Crippen molar-refractivity contribution < 1.29 is 9.59 Å². The van der Waals surface area contributed by atoms with Gasteiger partial charge in [-0.15, -0.1) is 0 Å². The molecular weight excluding hydrogens is 230 g/mol. The minimum Gasteiger partial charge on any atom is -0.347 e. The van der Waals surface area contributed by atoms with E-state index in [0.29, 0.717) is 25.4 Å². The first kappa shape index (κ1) is 15.0. The molecule has 104 valence electrons. The molecular formula is C13H25N3O2. The summed E-state index contributed by atoms with van der Waals surface area (Å²) in [6, 6.07) is 0. The molecule has 0 bridgehead atoms. The van der Waals surface area contributed by atoms with Gasteiger partial charge in [-0.1, -0.05) is 0 Å². The standard InChI is InChI=1S/C13H25N3O2/c1-3-16(4-2)13(18)10-15-12(17)9-11-5-7-14-8-6-11/h11,14H,3-10H2,1-2H3,(H,15,17). The summed E-state index contributed by atoms with van der Waals surface area (Å²) in [6.45, 7) is 7.40. The Balaban J connectivity index is 2.21. The van der Waals surface area contributed by atoms with Crippen molar-refractivity contribution in [2.75, 3.05) is 32.7 Å². The van der Waals surface area contributed by atoms with Gasteiger partial charge in [0.15, 0.2) is 0 Å². The smallest absolute Gasteiger partial charge is 0.241 e. The van der Waals surface area contributed by atoms with Crippen molar-refractivity contribution in [1.82, 2.24) is 15.5 Å². The summed E-state index contributed by atoms with van der Waals surface area (Å²) in [5.74, 6) is 0.468. The first-order valence-corrected chi connectivity index (χ1v) is 6.92. The lowest BCUT2D eigenvalue weighted by atomic mass is 9.94. The second-order valence-electron chi connectivity index (χ2n) is 4.74. The molecule has 1 aliphatic heterocycles. The van der Waals surface area contributed by atoms with Gasteiger partial charge in [-0.3, -0.25) is 9.59 Å². The monoisotopic (exact) mass is 255 g/mol. The summed E-state index contributed by atoms with van der Waals surface area (Å²) in [7, 11) is 0. The van der Waals surface area contributed by atoms with Crippen LogP contribution in [0.3, 0.4) is 0 Å². The summed E-state index contributed by atoms with van der Waals surface area (Å²) >= 11 is 0. The Morgan fingerprint density at radius 1 is 1.22 bits per heavy atom. The Labute approximate surface area is 109 Å². The Kier molecular flexibility index (Phi) is 6.72. The Morgan fingerprint density at radius 2 is 1.83 bits per heavy atom. The van der Waals surface area contributed by atoms with Crippen LogP contribution in [0.4, 0.5) is 0 Å². The predicted molar refractivity (Wildman–Crippen MR) is 71.1 cm³/mol. The van der Waals surface area contributed by atoms with Gasteiger partial charge in [0.25, 0.3) is 0 Å². The average molecular weight is 255 g/mol. The molecule has 2 amide bonds. The largest absolute Gasteiger partial charge is 0.347 e. The van der Waals surface area contributed by atoms with E-state index >= 15 is 0 Å². The first-order valence-electron chi connectivity index (χ1n) is 6.92. The van der Waals surface area contributed by atoms with Gasteiger partial charge in [0.2, 0.25) is 11.8 Å². The van der Waals surface area contributed by atoms with Crippen LogP contribution in [-0.4, -0.2) is 49.4 Å². The van der Waals surface area contributed by atoms with E-state index in [2.05, 4.69) is 10.6 Å². The zero-order valence-electron chi connectivity index (χ0n) is 11.5. The third-order valence-electron chi connectivity index (χ3n) is 3.49. The number of nitrogens with zero attached hydrogens (tertiary/aromatic N) is 1. The Morgan fingerprint density at radius 3 is 2.39 bits per heavy atom. The zero-order chi connectivity index (χ0) is 13.4. The van der Waals surface area contributed by atoms with Crippen molar-refractivity contribution in [3.63, 3.8) is 0 Å². The van der Waals surface area contributed by atoms with Crippen molar-refractivity contribution >= 4 is 11.8 Å². The summed E-state index contributed by atoms with van der Waals surface area (Å²) in [6.07, 6.45) is 2.65. The molecule has 0 aromatic carbocycles. The second-order valence-corrected chi connectivity index (χ2v) is 4.74. The molecule has 18 heavy (non-hydrogen) atoms. The van der Waals surface area contributed by atoms with Crippen molar-refractivity contribution in [3.8, 4) is 0 Å². The van der Waals surface area contributed by atoms with Crippen LogP contribution < -0.4 is 10.6 Å². The molecule has 0 aliphatic carbocycles. The second kappa shape index (κ2) is 8.08. The van der Waals surface area contributed by atoms with Crippen molar-refractivity contribution in [2.24, 2.45) is 5.92 Å². The molecule has 0 aromatic heterocycles. The van der Waals surface area contributed by atoms with Crippen LogP contribution in [0.5, 0.6) is 0 Å². The maximum atomic E-state index is 11.7. The molecule has 0 unspecified atom stereocenters. The lowest BCUT2D eigenvalue weighted by molar-refractivity contribution is -0.132. The topological polar surface area (TPSA) is 61.4 Å². The van der Waals surface area contributed by atoms with E-state index < -0.39 is 0 Å². The molecule has 1 saturated heterocycles. The van der Waals surface area contributed by atoms with E-state index in [1.165, 1.54) is 0 Å². The fourth-order valence-electron chi connectivity index (χ4n) is 2.28. The van der Waals surface area contributed by atoms with E-state index in [0.717, 1.165) is 25.9 Å². The highest BCUT2D eigenvalue weighted by molar-refractivity contribution is 5.84. The van der Waals surface area contributed by atoms with Crippen LogP contribution >= 0.6 is 0 Å². The molecule has 0 spiro atoms. The van der Waals surface area contributed by atoms with Crippen LogP contribution in [0.15, 0.2) is 0 Å². The first-order chi connectivity index (χ1) is 8.67. The Bertz CT molecular complexity index is 271. The third-order valence-corrected chi connectivity index (χ3v) is 3.49. The van der Waals surface area contributed by atoms with Crippen LogP contribution in [0.1, 0.15) is 33.1 Å². The van der Waals surface area contributed by atoms with Crippen molar-refractivity contribution in [2.45, 2.75) is 33.1 Å². The van der Waals surface area contributed by atoms with Crippen molar-refractivity contribution in [1.29, 1.82) is 0 Å². The van der Waals surface area contributed by atoms with Gasteiger partial charge in [0.1, 0.15) is 0 Å². The molecule has 1 aliphatic rings. The molecule has 5 heteroatoms. The van der Waals surface area contributed by atoms with Gasteiger partial charge in [-0.2, -0.15) is 0 Å². The quantitative estimate of drug-likeness (QED) is 0.720. The van der Waals surface area contributed by atoms with Crippen LogP contribution in [-0.2, 0) is 9.59 Å². The fourth-order valence-corrected chi connectivity index (χ4v) is 2.28. The highest BCUT2D eigenvalue weighted by atomic mass is 16.2. The summed E-state index contributed by atoms with van der Waals surface area (Å²) < 4.78 is 0. The van der Waals surface area contributed by atoms with Gasteiger partial charge in [-0.05, 0) is 45.7 Å². The van der Waals surface area contributed by atoms with E-state index in [-0.39, 0.29) is 18.4 Å². The molecule has 0 radical (unpaired) electrons. The summed E-state index contributed by atoms with van der Waals surface area (Å²) in [5, 5.41) is 6.00. The van der Waals surface area contributed by atoms with Crippen LogP contribution in [0.2, 0.25) is 0 Å². The van der Waals surface area contributed by atoms with Gasteiger partial charge in [0.05, 0.1) is 6.54 Å². The SMILES string of the molecule is CCN(CC)C(=O)CNC(=O)CC1CCNCC1. The highest BCUT2D eigenvalue weighted by Gasteiger charge is 2.17. The van der Waals surface area contributed by atoms with Crippen LogP contribution in [0, 0.1) is 5.92 Å². The molecule has 2 N–H and O–H groups in total. The van der Waals surface area contributed by atoms with E-state index in [4.69, 9.17) is 0 Å². The van der Waals surface area contributed by atoms with E-state index in [1.54, 1.807) is 4.90 Å². The van der Waals surface area contributed by atoms with Crippen LogP contribution in [0.25, 0.3) is 0 Å². The molecule has 1 heterocycles. The van der Waals surface area contributed by atoms with Gasteiger partial charge in [-0.25, -0.2) is 0 Å². The molecule has 5 nitrogen and oxygen atoms in total. The molecule has 0 aromatic rings. The minimum atomic E-state index is -0.00124. The highest BCUT2D eigenvalue weighted by Crippen LogP contribution is 2.15. The summed E-state index contributed by atoms with van der Waals surface area (Å²) in [5.41, 5.74) is 0. The maximum Gasteiger partial charge on any atom is 0.241 e. The van der Waals surface area contributed by atoms with E-state index in [9.17, 15) is 9.59 Å². The fraction of sp³-hybridized carbons (Fsp3) is 0.846. The van der Waals surface area contributed by atoms with Gasteiger partial charge in [0, 0.05) is 19.5 Å². The number of amides is 2. The van der Waals surface area contributed by atoms with E-state index in [1.807, 2.05) is 13.8 Å². The number of hydrogen-bond acceptors (Lipinski definition) is 3. The summed E-state index contributed by atoms with van der Waals surface area (Å²) in [4.78, 5) is 25.1. The molecule has 1 rings (SSSR count). The molecule has 0 saturated carbocycles. The number of hydrogen-bond donors (Lipinski definition) is 2. The number of rotatable bonds is 6. The van der Waals surface area contributed by atoms with Crippen molar-refractivity contribution in [3.05, 3.63) is 0 Å². The third kappa shape index (κ3) is 5.04. The number of nitrogens with one attached hydrogen (secondary N) is 2. The maximum absolute atomic E-state index is 11.7. The molecule has 1 fully saturated rings. The minimum absolute atomic E-state index is 0.00124. The lowest BCUT2D eigenvalue weighted by Crippen LogP contribution is -2.40. The normalized spacial score (nSPS) is 16.3. The average Bonchev–Trinajstić information content (AvgIpc) is 2.39.